The van der Waals surface area contributed by atoms with Crippen LogP contribution in [-0.4, -0.2) is 38.6 Å². The third kappa shape index (κ3) is 4.63. The number of hydrazone groups is 1. The Bertz CT molecular complexity index is 786. The largest absolute Gasteiger partial charge is 0.504 e. The second kappa shape index (κ2) is 8.39. The van der Waals surface area contributed by atoms with Gasteiger partial charge in [-0.05, 0) is 24.3 Å². The van der Waals surface area contributed by atoms with E-state index in [9.17, 15) is 9.90 Å². The first-order chi connectivity index (χ1) is 12.0. The molecule has 0 aliphatic heterocycles. The van der Waals surface area contributed by atoms with Gasteiger partial charge in [0.2, 0.25) is 0 Å². The van der Waals surface area contributed by atoms with E-state index in [1.807, 2.05) is 0 Å². The fraction of sp³-hybridized carbons (Fsp3) is 0.176. The molecule has 2 aromatic rings. The molecule has 0 atom stereocenters. The predicted octanol–water partition coefficient (Wildman–Crippen LogP) is 2.94. The van der Waals surface area contributed by atoms with Crippen molar-refractivity contribution in [3.05, 3.63) is 45.9 Å². The maximum absolute atomic E-state index is 12.2. The molecule has 0 aromatic heterocycles. The van der Waals surface area contributed by atoms with Gasteiger partial charge in [-0.3, -0.25) is 4.79 Å². The van der Waals surface area contributed by atoms with Crippen molar-refractivity contribution in [2.75, 3.05) is 21.3 Å². The van der Waals surface area contributed by atoms with Crippen LogP contribution in [-0.2, 0) is 0 Å². The normalized spacial score (nSPS) is 10.6. The number of hydrogen-bond donors (Lipinski definition) is 2. The molecule has 25 heavy (non-hydrogen) atoms. The fourth-order valence-electron chi connectivity index (χ4n) is 2.01. The van der Waals surface area contributed by atoms with Crippen molar-refractivity contribution in [3.63, 3.8) is 0 Å². The number of benzene rings is 2. The molecule has 7 nitrogen and oxygen atoms in total. The Morgan fingerprint density at radius 1 is 1.08 bits per heavy atom. The number of carbonyl (C=O) groups is 1. The van der Waals surface area contributed by atoms with Gasteiger partial charge in [-0.25, -0.2) is 5.43 Å². The minimum atomic E-state index is -0.449. The third-order valence-corrected chi connectivity index (χ3v) is 3.73. The Morgan fingerprint density at radius 3 is 2.28 bits per heavy atom. The number of aromatic hydroxyl groups is 1. The van der Waals surface area contributed by atoms with E-state index in [0.29, 0.717) is 32.8 Å². The van der Waals surface area contributed by atoms with Gasteiger partial charge in [0.05, 0.1) is 27.5 Å². The van der Waals surface area contributed by atoms with Crippen molar-refractivity contribution in [1.29, 1.82) is 0 Å². The van der Waals surface area contributed by atoms with Crippen LogP contribution in [0, 0.1) is 0 Å². The summed E-state index contributed by atoms with van der Waals surface area (Å²) in [5, 5.41) is 13.9. The van der Waals surface area contributed by atoms with Crippen LogP contribution in [0.5, 0.6) is 23.0 Å². The van der Waals surface area contributed by atoms with Gasteiger partial charge >= 0.3 is 0 Å². The fourth-order valence-corrected chi connectivity index (χ4v) is 2.47. The van der Waals surface area contributed by atoms with Crippen molar-refractivity contribution in [2.24, 2.45) is 5.10 Å². The van der Waals surface area contributed by atoms with Crippen molar-refractivity contribution in [3.8, 4) is 23.0 Å². The number of methoxy groups -OCH3 is 3. The smallest absolute Gasteiger partial charge is 0.271 e. The molecule has 0 aliphatic carbocycles. The topological polar surface area (TPSA) is 89.4 Å². The molecule has 0 aliphatic rings. The Labute approximate surface area is 153 Å². The number of carbonyl (C=O) groups excluding carboxylic acids is 1. The SMILES string of the molecule is COc1cc(OC)cc(C(=O)NN=Cc2cc(Br)cc(OC)c2O)c1. The van der Waals surface area contributed by atoms with Crippen LogP contribution in [0.25, 0.3) is 0 Å². The van der Waals surface area contributed by atoms with E-state index >= 15 is 0 Å². The lowest BCUT2D eigenvalue weighted by Gasteiger charge is -2.08. The van der Waals surface area contributed by atoms with Gasteiger partial charge in [0.15, 0.2) is 11.5 Å². The molecular weight excluding hydrogens is 392 g/mol. The number of halogens is 1. The molecule has 2 rings (SSSR count). The highest BCUT2D eigenvalue weighted by molar-refractivity contribution is 9.10. The van der Waals surface area contributed by atoms with Crippen LogP contribution in [0.2, 0.25) is 0 Å². The molecule has 8 heteroatoms. The van der Waals surface area contributed by atoms with Crippen LogP contribution in [0.15, 0.2) is 39.9 Å². The van der Waals surface area contributed by atoms with E-state index in [0.717, 1.165) is 0 Å². The lowest BCUT2D eigenvalue weighted by Crippen LogP contribution is -2.17. The molecule has 0 saturated carbocycles. The number of hydrogen-bond acceptors (Lipinski definition) is 6. The number of phenols is 1. The van der Waals surface area contributed by atoms with Crippen molar-refractivity contribution in [1.82, 2.24) is 5.43 Å². The Morgan fingerprint density at radius 2 is 1.72 bits per heavy atom. The molecule has 0 fully saturated rings. The lowest BCUT2D eigenvalue weighted by atomic mass is 10.2. The summed E-state index contributed by atoms with van der Waals surface area (Å²) in [6.07, 6.45) is 1.32. The van der Waals surface area contributed by atoms with Crippen LogP contribution in [0.1, 0.15) is 15.9 Å². The van der Waals surface area contributed by atoms with E-state index < -0.39 is 5.91 Å². The number of nitrogens with zero attached hydrogens (tertiary/aromatic N) is 1. The minimum Gasteiger partial charge on any atom is -0.504 e. The molecule has 132 valence electrons. The van der Waals surface area contributed by atoms with E-state index in [-0.39, 0.29) is 5.75 Å². The van der Waals surface area contributed by atoms with E-state index in [1.54, 1.807) is 30.3 Å². The summed E-state index contributed by atoms with van der Waals surface area (Å²) in [7, 11) is 4.44. The number of rotatable bonds is 6. The van der Waals surface area contributed by atoms with Gasteiger partial charge in [-0.2, -0.15) is 5.10 Å². The minimum absolute atomic E-state index is 0.0771. The van der Waals surface area contributed by atoms with E-state index in [2.05, 4.69) is 26.5 Å². The zero-order valence-corrected chi connectivity index (χ0v) is 15.5. The van der Waals surface area contributed by atoms with Crippen molar-refractivity contribution < 1.29 is 24.1 Å². The third-order valence-electron chi connectivity index (χ3n) is 3.27. The van der Waals surface area contributed by atoms with Gasteiger partial charge < -0.3 is 19.3 Å². The average Bonchev–Trinajstić information content (AvgIpc) is 2.63. The van der Waals surface area contributed by atoms with Gasteiger partial charge in [0.1, 0.15) is 11.5 Å². The summed E-state index contributed by atoms with van der Waals surface area (Å²) >= 11 is 3.31. The molecule has 0 heterocycles. The van der Waals surface area contributed by atoms with Crippen molar-refractivity contribution >= 4 is 28.1 Å². The quantitative estimate of drug-likeness (QED) is 0.566. The second-order valence-corrected chi connectivity index (χ2v) is 5.76. The van der Waals surface area contributed by atoms with E-state index in [1.165, 1.54) is 27.5 Å². The molecule has 1 amide bonds. The highest BCUT2D eigenvalue weighted by atomic mass is 79.9. The summed E-state index contributed by atoms with van der Waals surface area (Å²) in [6, 6.07) is 8.04. The number of phenolic OH excluding ortho intramolecular Hbond substituents is 1. The van der Waals surface area contributed by atoms with Crippen LogP contribution < -0.4 is 19.6 Å². The Kier molecular flexibility index (Phi) is 6.24. The van der Waals surface area contributed by atoms with Gasteiger partial charge in [-0.15, -0.1) is 0 Å². The Balaban J connectivity index is 2.17. The maximum Gasteiger partial charge on any atom is 0.271 e. The van der Waals surface area contributed by atoms with Crippen LogP contribution in [0.4, 0.5) is 0 Å². The first-order valence-electron chi connectivity index (χ1n) is 7.11. The van der Waals surface area contributed by atoms with E-state index in [4.69, 9.17) is 14.2 Å². The summed E-state index contributed by atoms with van der Waals surface area (Å²) in [4.78, 5) is 12.2. The maximum atomic E-state index is 12.2. The standard InChI is InChI=1S/C17H17BrN2O5/c1-23-13-5-10(6-14(8-13)24-2)17(22)20-19-9-11-4-12(18)7-15(25-3)16(11)21/h4-9,21H,1-3H3,(H,20,22). The van der Waals surface area contributed by atoms with Gasteiger partial charge in [0.25, 0.3) is 5.91 Å². The lowest BCUT2D eigenvalue weighted by molar-refractivity contribution is 0.0954. The molecule has 2 N–H and O–H groups in total. The molecule has 0 unspecified atom stereocenters. The first-order valence-corrected chi connectivity index (χ1v) is 7.90. The number of nitrogens with one attached hydrogen (secondary N) is 1. The molecule has 0 spiro atoms. The molecule has 2 aromatic carbocycles. The highest BCUT2D eigenvalue weighted by Crippen LogP contribution is 2.32. The number of amides is 1. The predicted molar refractivity (Wildman–Crippen MR) is 97.0 cm³/mol. The molecule has 0 saturated heterocycles. The molecule has 0 bridgehead atoms. The molecular formula is C17H17BrN2O5. The summed E-state index contributed by atoms with van der Waals surface area (Å²) < 4.78 is 16.0. The zero-order chi connectivity index (χ0) is 18.4. The average molecular weight is 409 g/mol. The number of ether oxygens (including phenoxy) is 3. The second-order valence-electron chi connectivity index (χ2n) is 4.85. The van der Waals surface area contributed by atoms with Crippen LogP contribution >= 0.6 is 15.9 Å². The summed E-state index contributed by atoms with van der Waals surface area (Å²) in [5.74, 6) is 0.743. The monoisotopic (exact) mass is 408 g/mol. The zero-order valence-electron chi connectivity index (χ0n) is 13.9. The first kappa shape index (κ1) is 18.6. The van der Waals surface area contributed by atoms with Crippen LogP contribution in [0.3, 0.4) is 0 Å². The van der Waals surface area contributed by atoms with Gasteiger partial charge in [0, 0.05) is 21.7 Å². The van der Waals surface area contributed by atoms with Crippen molar-refractivity contribution in [2.45, 2.75) is 0 Å². The highest BCUT2D eigenvalue weighted by Gasteiger charge is 2.10. The van der Waals surface area contributed by atoms with Gasteiger partial charge in [-0.1, -0.05) is 15.9 Å². The molecule has 0 radical (unpaired) electrons. The summed E-state index contributed by atoms with van der Waals surface area (Å²) in [6.45, 7) is 0. The Hall–Kier alpha value is -2.74. The summed E-state index contributed by atoms with van der Waals surface area (Å²) in [5.41, 5.74) is 3.09.